The highest BCUT2D eigenvalue weighted by molar-refractivity contribution is 8.01. The van der Waals surface area contributed by atoms with Crippen LogP contribution in [-0.2, 0) is 5.60 Å². The Morgan fingerprint density at radius 2 is 2.12 bits per heavy atom. The Kier molecular flexibility index (Phi) is 4.17. The summed E-state index contributed by atoms with van der Waals surface area (Å²) in [6.07, 6.45) is 1.76. The summed E-state index contributed by atoms with van der Waals surface area (Å²) < 4.78 is 0.952. The molecular formula is C12H14N2OS2. The summed E-state index contributed by atoms with van der Waals surface area (Å²) in [6.45, 7) is 0.204. The molecule has 1 aromatic carbocycles. The van der Waals surface area contributed by atoms with Gasteiger partial charge in [0.15, 0.2) is 0 Å². The maximum atomic E-state index is 10.5. The number of nitrogens with two attached hydrogens (primary N) is 1. The summed E-state index contributed by atoms with van der Waals surface area (Å²) in [5, 5.41) is 12.4. The van der Waals surface area contributed by atoms with Crippen molar-refractivity contribution in [1.82, 2.24) is 4.98 Å². The Morgan fingerprint density at radius 1 is 1.35 bits per heavy atom. The number of benzene rings is 1. The van der Waals surface area contributed by atoms with Gasteiger partial charge in [-0.25, -0.2) is 4.98 Å². The van der Waals surface area contributed by atoms with Crippen LogP contribution in [0.1, 0.15) is 5.56 Å². The standard InChI is InChI=1S/C12H14N2OS2/c13-8-12(15,10-4-2-1-3-5-10)9-17-11-14-6-7-16-11/h1-7,15H,8-9,13H2. The van der Waals surface area contributed by atoms with E-state index in [2.05, 4.69) is 4.98 Å². The van der Waals surface area contributed by atoms with Gasteiger partial charge in [-0.05, 0) is 5.56 Å². The number of hydrogen-bond acceptors (Lipinski definition) is 5. The van der Waals surface area contributed by atoms with Gasteiger partial charge in [0.1, 0.15) is 9.94 Å². The third-order valence-corrected chi connectivity index (χ3v) is 4.67. The molecule has 1 atom stereocenters. The molecule has 0 bridgehead atoms. The first-order chi connectivity index (χ1) is 8.24. The lowest BCUT2D eigenvalue weighted by Gasteiger charge is -2.26. The van der Waals surface area contributed by atoms with Crippen LogP contribution >= 0.6 is 23.1 Å². The lowest BCUT2D eigenvalue weighted by atomic mass is 9.96. The fourth-order valence-corrected chi connectivity index (χ4v) is 3.23. The topological polar surface area (TPSA) is 59.1 Å². The van der Waals surface area contributed by atoms with Crippen molar-refractivity contribution in [3.63, 3.8) is 0 Å². The third kappa shape index (κ3) is 3.07. The van der Waals surface area contributed by atoms with Crippen molar-refractivity contribution < 1.29 is 5.11 Å². The zero-order chi connectivity index (χ0) is 12.1. The number of rotatable bonds is 5. The first-order valence-corrected chi connectivity index (χ1v) is 7.11. The summed E-state index contributed by atoms with van der Waals surface area (Å²) in [5.41, 5.74) is 5.56. The van der Waals surface area contributed by atoms with Gasteiger partial charge in [0.2, 0.25) is 0 Å². The quantitative estimate of drug-likeness (QED) is 0.814. The average Bonchev–Trinajstić information content (AvgIpc) is 2.90. The van der Waals surface area contributed by atoms with Gasteiger partial charge in [-0.3, -0.25) is 0 Å². The van der Waals surface area contributed by atoms with E-state index in [-0.39, 0.29) is 6.54 Å². The number of aromatic nitrogens is 1. The second-order valence-corrected chi connectivity index (χ2v) is 5.81. The molecule has 0 radical (unpaired) electrons. The van der Waals surface area contributed by atoms with Crippen LogP contribution in [0.5, 0.6) is 0 Å². The molecule has 0 saturated carbocycles. The predicted molar refractivity (Wildman–Crippen MR) is 72.2 cm³/mol. The highest BCUT2D eigenvalue weighted by atomic mass is 32.2. The molecular weight excluding hydrogens is 252 g/mol. The Hall–Kier alpha value is -0.880. The molecule has 1 unspecified atom stereocenters. The molecule has 0 spiro atoms. The van der Waals surface area contributed by atoms with Gasteiger partial charge in [-0.15, -0.1) is 11.3 Å². The molecule has 3 N–H and O–H groups in total. The molecule has 0 fully saturated rings. The van der Waals surface area contributed by atoms with Crippen LogP contribution in [-0.4, -0.2) is 22.4 Å². The summed E-state index contributed by atoms with van der Waals surface area (Å²) >= 11 is 3.10. The fourth-order valence-electron chi connectivity index (χ4n) is 1.47. The van der Waals surface area contributed by atoms with E-state index >= 15 is 0 Å². The second-order valence-electron chi connectivity index (χ2n) is 3.69. The molecule has 0 saturated heterocycles. The molecule has 2 rings (SSSR count). The Bertz CT molecular complexity index is 447. The number of thiazole rings is 1. The Balaban J connectivity index is 2.09. The molecule has 1 heterocycles. The van der Waals surface area contributed by atoms with E-state index in [1.165, 1.54) is 11.8 Å². The first-order valence-electron chi connectivity index (χ1n) is 5.25. The van der Waals surface area contributed by atoms with Crippen LogP contribution in [0.2, 0.25) is 0 Å². The fraction of sp³-hybridized carbons (Fsp3) is 0.250. The smallest absolute Gasteiger partial charge is 0.149 e. The highest BCUT2D eigenvalue weighted by Gasteiger charge is 2.27. The van der Waals surface area contributed by atoms with E-state index in [1.54, 1.807) is 17.5 Å². The molecule has 0 aliphatic heterocycles. The van der Waals surface area contributed by atoms with Crippen molar-refractivity contribution in [2.24, 2.45) is 5.73 Å². The van der Waals surface area contributed by atoms with E-state index in [0.717, 1.165) is 9.90 Å². The van der Waals surface area contributed by atoms with E-state index in [0.29, 0.717) is 5.75 Å². The zero-order valence-corrected chi connectivity index (χ0v) is 10.9. The van der Waals surface area contributed by atoms with Crippen LogP contribution in [0.3, 0.4) is 0 Å². The Labute approximate surface area is 109 Å². The second kappa shape index (κ2) is 5.64. The zero-order valence-electron chi connectivity index (χ0n) is 9.24. The molecule has 0 amide bonds. The van der Waals surface area contributed by atoms with Crippen molar-refractivity contribution in [3.05, 3.63) is 47.5 Å². The largest absolute Gasteiger partial charge is 0.383 e. The van der Waals surface area contributed by atoms with E-state index in [1.807, 2.05) is 35.7 Å². The van der Waals surface area contributed by atoms with Gasteiger partial charge in [-0.2, -0.15) is 0 Å². The van der Waals surface area contributed by atoms with Crippen molar-refractivity contribution >= 4 is 23.1 Å². The number of nitrogens with zero attached hydrogens (tertiary/aromatic N) is 1. The number of thioether (sulfide) groups is 1. The van der Waals surface area contributed by atoms with Gasteiger partial charge in [-0.1, -0.05) is 42.1 Å². The van der Waals surface area contributed by atoms with E-state index in [4.69, 9.17) is 5.73 Å². The monoisotopic (exact) mass is 266 g/mol. The van der Waals surface area contributed by atoms with Crippen molar-refractivity contribution in [3.8, 4) is 0 Å². The molecule has 5 heteroatoms. The van der Waals surface area contributed by atoms with Crippen LogP contribution in [0, 0.1) is 0 Å². The minimum atomic E-state index is -0.988. The predicted octanol–water partition coefficient (Wildman–Crippen LogP) is 2.08. The molecule has 1 aromatic heterocycles. The molecule has 17 heavy (non-hydrogen) atoms. The highest BCUT2D eigenvalue weighted by Crippen LogP contribution is 2.29. The summed E-state index contributed by atoms with van der Waals surface area (Å²) in [6, 6.07) is 9.53. The molecule has 0 aliphatic carbocycles. The normalized spacial score (nSPS) is 14.5. The van der Waals surface area contributed by atoms with Gasteiger partial charge in [0.05, 0.1) is 0 Å². The molecule has 90 valence electrons. The van der Waals surface area contributed by atoms with Gasteiger partial charge < -0.3 is 10.8 Å². The van der Waals surface area contributed by atoms with Gasteiger partial charge in [0.25, 0.3) is 0 Å². The van der Waals surface area contributed by atoms with Crippen molar-refractivity contribution in [1.29, 1.82) is 0 Å². The maximum absolute atomic E-state index is 10.5. The van der Waals surface area contributed by atoms with Gasteiger partial charge >= 0.3 is 0 Å². The third-order valence-electron chi connectivity index (χ3n) is 2.49. The number of aliphatic hydroxyl groups is 1. The number of hydrogen-bond donors (Lipinski definition) is 2. The molecule has 0 aliphatic rings. The summed E-state index contributed by atoms with van der Waals surface area (Å²) in [7, 11) is 0. The van der Waals surface area contributed by atoms with Crippen molar-refractivity contribution in [2.75, 3.05) is 12.3 Å². The lowest BCUT2D eigenvalue weighted by molar-refractivity contribution is 0.0721. The first kappa shape index (κ1) is 12.6. The van der Waals surface area contributed by atoms with Gasteiger partial charge in [0, 0.05) is 23.9 Å². The minimum absolute atomic E-state index is 0.204. The van der Waals surface area contributed by atoms with Crippen LogP contribution in [0.15, 0.2) is 46.2 Å². The maximum Gasteiger partial charge on any atom is 0.149 e. The van der Waals surface area contributed by atoms with Crippen LogP contribution < -0.4 is 5.73 Å². The van der Waals surface area contributed by atoms with Crippen LogP contribution in [0.25, 0.3) is 0 Å². The lowest BCUT2D eigenvalue weighted by Crippen LogP contribution is -2.37. The Morgan fingerprint density at radius 3 is 2.71 bits per heavy atom. The average molecular weight is 266 g/mol. The van der Waals surface area contributed by atoms with E-state index in [9.17, 15) is 5.11 Å². The van der Waals surface area contributed by atoms with E-state index < -0.39 is 5.60 Å². The van der Waals surface area contributed by atoms with Crippen LogP contribution in [0.4, 0.5) is 0 Å². The SMILES string of the molecule is NCC(O)(CSc1nccs1)c1ccccc1. The molecule has 2 aromatic rings. The summed E-state index contributed by atoms with van der Waals surface area (Å²) in [4.78, 5) is 4.18. The van der Waals surface area contributed by atoms with Crippen molar-refractivity contribution in [2.45, 2.75) is 9.94 Å². The minimum Gasteiger partial charge on any atom is -0.383 e. The summed E-state index contributed by atoms with van der Waals surface area (Å²) in [5.74, 6) is 0.515. The molecule has 3 nitrogen and oxygen atoms in total.